The van der Waals surface area contributed by atoms with E-state index in [1.807, 2.05) is 26.0 Å². The van der Waals surface area contributed by atoms with Crippen LogP contribution in [0.2, 0.25) is 0 Å². The van der Waals surface area contributed by atoms with Crippen molar-refractivity contribution >= 4 is 9.84 Å². The van der Waals surface area contributed by atoms with Crippen LogP contribution in [0.5, 0.6) is 0 Å². The van der Waals surface area contributed by atoms with Gasteiger partial charge in [-0.05, 0) is 37.6 Å². The van der Waals surface area contributed by atoms with E-state index in [1.54, 1.807) is 24.3 Å². The highest BCUT2D eigenvalue weighted by Crippen LogP contribution is 2.20. The Bertz CT molecular complexity index is 673. The standard InChI is InChI=1S/C14H15NO2S/c1-10-4-9-14(15-11(10)2)12-5-7-13(8-6-12)18(3,16)17/h4-9H,1-3H3. The predicted molar refractivity (Wildman–Crippen MR) is 72.3 cm³/mol. The quantitative estimate of drug-likeness (QED) is 0.835. The van der Waals surface area contributed by atoms with Gasteiger partial charge in [-0.3, -0.25) is 4.98 Å². The van der Waals surface area contributed by atoms with Crippen molar-refractivity contribution in [3.63, 3.8) is 0 Å². The van der Waals surface area contributed by atoms with Crippen LogP contribution in [0.15, 0.2) is 41.3 Å². The SMILES string of the molecule is Cc1ccc(-c2ccc(S(C)(=O)=O)cc2)nc1C. The lowest BCUT2D eigenvalue weighted by Gasteiger charge is -2.05. The maximum absolute atomic E-state index is 11.4. The topological polar surface area (TPSA) is 47.0 Å². The van der Waals surface area contributed by atoms with Gasteiger partial charge < -0.3 is 0 Å². The van der Waals surface area contributed by atoms with E-state index in [0.717, 1.165) is 22.5 Å². The molecule has 1 heterocycles. The highest BCUT2D eigenvalue weighted by Gasteiger charge is 2.07. The highest BCUT2D eigenvalue weighted by atomic mass is 32.2. The number of hydrogen-bond donors (Lipinski definition) is 0. The van der Waals surface area contributed by atoms with E-state index in [0.29, 0.717) is 4.90 Å². The normalized spacial score (nSPS) is 11.5. The lowest BCUT2D eigenvalue weighted by Crippen LogP contribution is -1.96. The molecule has 4 heteroatoms. The van der Waals surface area contributed by atoms with E-state index in [2.05, 4.69) is 4.98 Å². The van der Waals surface area contributed by atoms with Crippen molar-refractivity contribution in [1.29, 1.82) is 0 Å². The first-order valence-electron chi connectivity index (χ1n) is 5.62. The summed E-state index contributed by atoms with van der Waals surface area (Å²) in [5.41, 5.74) is 3.91. The maximum Gasteiger partial charge on any atom is 0.175 e. The summed E-state index contributed by atoms with van der Waals surface area (Å²) < 4.78 is 22.7. The molecule has 0 aliphatic rings. The third kappa shape index (κ3) is 2.59. The summed E-state index contributed by atoms with van der Waals surface area (Å²) in [7, 11) is -3.14. The molecule has 2 aromatic rings. The average Bonchev–Trinajstić information content (AvgIpc) is 2.32. The number of rotatable bonds is 2. The van der Waals surface area contributed by atoms with E-state index < -0.39 is 9.84 Å². The molecular weight excluding hydrogens is 246 g/mol. The number of aromatic nitrogens is 1. The summed E-state index contributed by atoms with van der Waals surface area (Å²) in [6, 6.07) is 10.8. The third-order valence-corrected chi connectivity index (χ3v) is 4.06. The van der Waals surface area contributed by atoms with E-state index in [9.17, 15) is 8.42 Å². The molecule has 0 atom stereocenters. The first-order chi connectivity index (χ1) is 8.38. The number of sulfone groups is 1. The second-order valence-corrected chi connectivity index (χ2v) is 6.41. The third-order valence-electron chi connectivity index (χ3n) is 2.93. The molecule has 1 aromatic carbocycles. The summed E-state index contributed by atoms with van der Waals surface area (Å²) in [4.78, 5) is 4.81. The lowest BCUT2D eigenvalue weighted by atomic mass is 10.1. The number of benzene rings is 1. The van der Waals surface area contributed by atoms with Crippen LogP contribution in [0.25, 0.3) is 11.3 Å². The molecule has 0 aliphatic heterocycles. The molecule has 0 bridgehead atoms. The minimum Gasteiger partial charge on any atom is -0.253 e. The lowest BCUT2D eigenvalue weighted by molar-refractivity contribution is 0.602. The number of aryl methyl sites for hydroxylation is 2. The van der Waals surface area contributed by atoms with E-state index >= 15 is 0 Å². The minimum atomic E-state index is -3.14. The van der Waals surface area contributed by atoms with Gasteiger partial charge in [0.05, 0.1) is 10.6 Å². The van der Waals surface area contributed by atoms with Gasteiger partial charge in [-0.25, -0.2) is 8.42 Å². The predicted octanol–water partition coefficient (Wildman–Crippen LogP) is 2.77. The fourth-order valence-electron chi connectivity index (χ4n) is 1.66. The molecule has 0 fully saturated rings. The summed E-state index contributed by atoms with van der Waals surface area (Å²) in [5, 5.41) is 0. The summed E-state index contributed by atoms with van der Waals surface area (Å²) in [5.74, 6) is 0. The van der Waals surface area contributed by atoms with E-state index in [-0.39, 0.29) is 0 Å². The summed E-state index contributed by atoms with van der Waals surface area (Å²) >= 11 is 0. The van der Waals surface area contributed by atoms with Crippen LogP contribution < -0.4 is 0 Å². The van der Waals surface area contributed by atoms with Gasteiger partial charge in [0.25, 0.3) is 0 Å². The van der Waals surface area contributed by atoms with Gasteiger partial charge in [-0.15, -0.1) is 0 Å². The second-order valence-electron chi connectivity index (χ2n) is 4.40. The van der Waals surface area contributed by atoms with Gasteiger partial charge in [-0.1, -0.05) is 18.2 Å². The average molecular weight is 261 g/mol. The summed E-state index contributed by atoms with van der Waals surface area (Å²) in [6.07, 6.45) is 1.20. The van der Waals surface area contributed by atoms with Crippen LogP contribution in [0, 0.1) is 13.8 Å². The molecule has 18 heavy (non-hydrogen) atoms. The van der Waals surface area contributed by atoms with Crippen molar-refractivity contribution in [3.8, 4) is 11.3 Å². The molecule has 0 unspecified atom stereocenters. The van der Waals surface area contributed by atoms with Crippen LogP contribution in [-0.4, -0.2) is 19.7 Å². The Kier molecular flexibility index (Phi) is 3.22. The molecule has 0 saturated carbocycles. The van der Waals surface area contributed by atoms with Crippen molar-refractivity contribution < 1.29 is 8.42 Å². The minimum absolute atomic E-state index is 0.329. The van der Waals surface area contributed by atoms with E-state index in [4.69, 9.17) is 0 Å². The monoisotopic (exact) mass is 261 g/mol. The number of pyridine rings is 1. The first kappa shape index (κ1) is 12.8. The zero-order valence-corrected chi connectivity index (χ0v) is 11.5. The molecule has 94 valence electrons. The van der Waals surface area contributed by atoms with Gasteiger partial charge in [0.2, 0.25) is 0 Å². The van der Waals surface area contributed by atoms with Crippen molar-refractivity contribution in [2.75, 3.05) is 6.26 Å². The number of hydrogen-bond acceptors (Lipinski definition) is 3. The number of nitrogens with zero attached hydrogens (tertiary/aromatic N) is 1. The van der Waals surface area contributed by atoms with Crippen LogP contribution >= 0.6 is 0 Å². The molecule has 0 aliphatic carbocycles. The van der Waals surface area contributed by atoms with Gasteiger partial charge >= 0.3 is 0 Å². The van der Waals surface area contributed by atoms with Gasteiger partial charge in [0, 0.05) is 17.5 Å². The Labute approximate surface area is 107 Å². The Hall–Kier alpha value is -1.68. The zero-order valence-electron chi connectivity index (χ0n) is 10.6. The maximum atomic E-state index is 11.4. The fraction of sp³-hybridized carbons (Fsp3) is 0.214. The Balaban J connectivity index is 2.43. The smallest absolute Gasteiger partial charge is 0.175 e. The largest absolute Gasteiger partial charge is 0.253 e. The fourth-order valence-corrected chi connectivity index (χ4v) is 2.29. The highest BCUT2D eigenvalue weighted by molar-refractivity contribution is 7.90. The molecule has 3 nitrogen and oxygen atoms in total. The Morgan fingerprint density at radius 2 is 1.56 bits per heavy atom. The molecule has 0 N–H and O–H groups in total. The Morgan fingerprint density at radius 3 is 2.06 bits per heavy atom. The first-order valence-corrected chi connectivity index (χ1v) is 7.52. The van der Waals surface area contributed by atoms with Gasteiger partial charge in [0.15, 0.2) is 9.84 Å². The molecule has 2 rings (SSSR count). The zero-order chi connectivity index (χ0) is 13.3. The second kappa shape index (κ2) is 4.53. The van der Waals surface area contributed by atoms with Crippen molar-refractivity contribution in [3.05, 3.63) is 47.7 Å². The van der Waals surface area contributed by atoms with Gasteiger partial charge in [-0.2, -0.15) is 0 Å². The van der Waals surface area contributed by atoms with Crippen LogP contribution in [0.1, 0.15) is 11.3 Å². The molecular formula is C14H15NO2S. The Morgan fingerprint density at radius 1 is 0.944 bits per heavy atom. The van der Waals surface area contributed by atoms with Crippen molar-refractivity contribution in [2.45, 2.75) is 18.7 Å². The van der Waals surface area contributed by atoms with Crippen LogP contribution in [-0.2, 0) is 9.84 Å². The van der Waals surface area contributed by atoms with Crippen LogP contribution in [0.4, 0.5) is 0 Å². The van der Waals surface area contributed by atoms with Crippen molar-refractivity contribution in [1.82, 2.24) is 4.98 Å². The summed E-state index contributed by atoms with van der Waals surface area (Å²) in [6.45, 7) is 3.97. The molecule has 0 spiro atoms. The van der Waals surface area contributed by atoms with Crippen molar-refractivity contribution in [2.24, 2.45) is 0 Å². The van der Waals surface area contributed by atoms with Crippen LogP contribution in [0.3, 0.4) is 0 Å². The van der Waals surface area contributed by atoms with Gasteiger partial charge in [0.1, 0.15) is 0 Å². The molecule has 0 radical (unpaired) electrons. The molecule has 0 saturated heterocycles. The molecule has 0 amide bonds. The molecule has 1 aromatic heterocycles. The van der Waals surface area contributed by atoms with E-state index in [1.165, 1.54) is 6.26 Å².